The molecule has 1 aromatic carbocycles. The van der Waals surface area contributed by atoms with Crippen molar-refractivity contribution < 1.29 is 9.53 Å². The highest BCUT2D eigenvalue weighted by atomic mass is 35.5. The molecule has 2 rings (SSSR count). The minimum atomic E-state index is -0.0241. The van der Waals surface area contributed by atoms with Crippen molar-refractivity contribution in [2.45, 2.75) is 6.42 Å². The van der Waals surface area contributed by atoms with Gasteiger partial charge in [0.05, 0.1) is 12.5 Å². The van der Waals surface area contributed by atoms with Gasteiger partial charge in [-0.2, -0.15) is 0 Å². The van der Waals surface area contributed by atoms with Crippen LogP contribution in [0.25, 0.3) is 0 Å². The summed E-state index contributed by atoms with van der Waals surface area (Å²) in [5, 5.41) is 3.44. The van der Waals surface area contributed by atoms with Gasteiger partial charge in [-0.1, -0.05) is 17.7 Å². The van der Waals surface area contributed by atoms with Crippen molar-refractivity contribution in [3.05, 3.63) is 29.3 Å². The van der Waals surface area contributed by atoms with Crippen LogP contribution in [0, 0.1) is 5.92 Å². The molecule has 80 valence electrons. The van der Waals surface area contributed by atoms with Crippen LogP contribution in [0.3, 0.4) is 0 Å². The standard InChI is InChI=1S/C11H12ClNO2/c12-9-2-1-3-10(6-9)13-11(14)8-4-5-15-7-8/h1-3,6,8H,4-5,7H2,(H,13,14). The maximum absolute atomic E-state index is 11.7. The van der Waals surface area contributed by atoms with Crippen molar-refractivity contribution in [3.63, 3.8) is 0 Å². The highest BCUT2D eigenvalue weighted by Gasteiger charge is 2.23. The van der Waals surface area contributed by atoms with Gasteiger partial charge in [0.25, 0.3) is 0 Å². The molecule has 0 aliphatic carbocycles. The molecule has 1 fully saturated rings. The molecule has 1 aliphatic rings. The van der Waals surface area contributed by atoms with E-state index in [1.54, 1.807) is 12.1 Å². The molecule has 3 nitrogen and oxygen atoms in total. The van der Waals surface area contributed by atoms with Gasteiger partial charge in [-0.25, -0.2) is 0 Å². The Hall–Kier alpha value is -1.06. The Morgan fingerprint density at radius 3 is 3.07 bits per heavy atom. The minimum absolute atomic E-state index is 0.00904. The SMILES string of the molecule is O=C(Nc1cccc(Cl)c1)C1CCOC1. The molecular formula is C11H12ClNO2. The Balaban J connectivity index is 1.99. The van der Waals surface area contributed by atoms with Gasteiger partial charge in [0.15, 0.2) is 0 Å². The predicted octanol–water partition coefficient (Wildman–Crippen LogP) is 2.32. The van der Waals surface area contributed by atoms with Crippen molar-refractivity contribution in [1.82, 2.24) is 0 Å². The zero-order valence-corrected chi connectivity index (χ0v) is 8.96. The summed E-state index contributed by atoms with van der Waals surface area (Å²) in [6.07, 6.45) is 0.798. The Bertz CT molecular complexity index is 361. The van der Waals surface area contributed by atoms with Crippen molar-refractivity contribution >= 4 is 23.2 Å². The number of hydrogen-bond donors (Lipinski definition) is 1. The number of amides is 1. The van der Waals surface area contributed by atoms with E-state index in [0.717, 1.165) is 12.1 Å². The lowest BCUT2D eigenvalue weighted by Crippen LogP contribution is -2.22. The van der Waals surface area contributed by atoms with Gasteiger partial charge >= 0.3 is 0 Å². The summed E-state index contributed by atoms with van der Waals surface area (Å²) in [5.74, 6) is -0.0150. The molecule has 15 heavy (non-hydrogen) atoms. The van der Waals surface area contributed by atoms with Crippen molar-refractivity contribution in [3.8, 4) is 0 Å². The molecule has 1 saturated heterocycles. The number of carbonyl (C=O) groups excluding carboxylic acids is 1. The van der Waals surface area contributed by atoms with Crippen molar-refractivity contribution in [1.29, 1.82) is 0 Å². The van der Waals surface area contributed by atoms with E-state index >= 15 is 0 Å². The topological polar surface area (TPSA) is 38.3 Å². The zero-order chi connectivity index (χ0) is 10.7. The molecule has 0 bridgehead atoms. The molecule has 1 heterocycles. The fourth-order valence-corrected chi connectivity index (χ4v) is 1.74. The maximum Gasteiger partial charge on any atom is 0.229 e. The van der Waals surface area contributed by atoms with Crippen LogP contribution in [0.4, 0.5) is 5.69 Å². The third-order valence-electron chi connectivity index (χ3n) is 2.39. The molecule has 1 aliphatic heterocycles. The summed E-state index contributed by atoms with van der Waals surface area (Å²) < 4.78 is 5.15. The van der Waals surface area contributed by atoms with Crippen LogP contribution in [0.15, 0.2) is 24.3 Å². The second-order valence-electron chi connectivity index (χ2n) is 3.56. The Morgan fingerprint density at radius 1 is 1.53 bits per heavy atom. The summed E-state index contributed by atoms with van der Waals surface area (Å²) in [6.45, 7) is 1.19. The average Bonchev–Trinajstić information content (AvgIpc) is 2.70. The fraction of sp³-hybridized carbons (Fsp3) is 0.364. The van der Waals surface area contributed by atoms with Crippen LogP contribution in [-0.2, 0) is 9.53 Å². The van der Waals surface area contributed by atoms with E-state index < -0.39 is 0 Å². The molecule has 0 spiro atoms. The lowest BCUT2D eigenvalue weighted by atomic mass is 10.1. The van der Waals surface area contributed by atoms with Gasteiger partial charge in [-0.15, -0.1) is 0 Å². The van der Waals surface area contributed by atoms with Gasteiger partial charge in [0, 0.05) is 17.3 Å². The number of benzene rings is 1. The molecule has 0 saturated carbocycles. The lowest BCUT2D eigenvalue weighted by molar-refractivity contribution is -0.119. The Labute approximate surface area is 93.4 Å². The normalized spacial score (nSPS) is 20.2. The molecule has 4 heteroatoms. The van der Waals surface area contributed by atoms with Gasteiger partial charge in [-0.05, 0) is 24.6 Å². The summed E-state index contributed by atoms with van der Waals surface area (Å²) in [6, 6.07) is 7.13. The largest absolute Gasteiger partial charge is 0.381 e. The van der Waals surface area contributed by atoms with Crippen LogP contribution in [0.2, 0.25) is 5.02 Å². The quantitative estimate of drug-likeness (QED) is 0.839. The van der Waals surface area contributed by atoms with Crippen LogP contribution in [0.1, 0.15) is 6.42 Å². The van der Waals surface area contributed by atoms with E-state index in [1.165, 1.54) is 0 Å². The summed E-state index contributed by atoms with van der Waals surface area (Å²) in [5.41, 5.74) is 0.736. The second kappa shape index (κ2) is 4.64. The zero-order valence-electron chi connectivity index (χ0n) is 8.20. The molecule has 0 aromatic heterocycles. The Morgan fingerprint density at radius 2 is 2.40 bits per heavy atom. The van der Waals surface area contributed by atoms with E-state index in [0.29, 0.717) is 18.2 Å². The number of nitrogens with one attached hydrogen (secondary N) is 1. The first-order valence-corrected chi connectivity index (χ1v) is 5.27. The highest BCUT2D eigenvalue weighted by molar-refractivity contribution is 6.30. The first kappa shape index (κ1) is 10.5. The maximum atomic E-state index is 11.7. The number of hydrogen-bond acceptors (Lipinski definition) is 2. The number of ether oxygens (including phenoxy) is 1. The van der Waals surface area contributed by atoms with Crippen molar-refractivity contribution in [2.24, 2.45) is 5.92 Å². The van der Waals surface area contributed by atoms with Crippen LogP contribution in [0.5, 0.6) is 0 Å². The lowest BCUT2D eigenvalue weighted by Gasteiger charge is -2.09. The average molecular weight is 226 g/mol. The van der Waals surface area contributed by atoms with E-state index in [4.69, 9.17) is 16.3 Å². The summed E-state index contributed by atoms with van der Waals surface area (Å²) in [7, 11) is 0. The monoisotopic (exact) mass is 225 g/mol. The molecule has 1 amide bonds. The van der Waals surface area contributed by atoms with Crippen molar-refractivity contribution in [2.75, 3.05) is 18.5 Å². The Kier molecular flexibility index (Phi) is 3.23. The van der Waals surface area contributed by atoms with Gasteiger partial charge in [-0.3, -0.25) is 4.79 Å². The van der Waals surface area contributed by atoms with E-state index in [9.17, 15) is 4.79 Å². The fourth-order valence-electron chi connectivity index (χ4n) is 1.55. The van der Waals surface area contributed by atoms with Gasteiger partial charge < -0.3 is 10.1 Å². The van der Waals surface area contributed by atoms with Gasteiger partial charge in [0.1, 0.15) is 0 Å². The second-order valence-corrected chi connectivity index (χ2v) is 4.00. The number of rotatable bonds is 2. The third-order valence-corrected chi connectivity index (χ3v) is 2.63. The molecule has 1 atom stereocenters. The molecule has 0 radical (unpaired) electrons. The smallest absolute Gasteiger partial charge is 0.229 e. The summed E-state index contributed by atoms with van der Waals surface area (Å²) >= 11 is 5.81. The van der Waals surface area contributed by atoms with Crippen LogP contribution < -0.4 is 5.32 Å². The number of halogens is 1. The third kappa shape index (κ3) is 2.70. The minimum Gasteiger partial charge on any atom is -0.381 e. The van der Waals surface area contributed by atoms with Gasteiger partial charge in [0.2, 0.25) is 5.91 Å². The molecular weight excluding hydrogens is 214 g/mol. The molecule has 1 aromatic rings. The number of carbonyl (C=O) groups is 1. The van der Waals surface area contributed by atoms with E-state index in [-0.39, 0.29) is 11.8 Å². The summed E-state index contributed by atoms with van der Waals surface area (Å²) in [4.78, 5) is 11.7. The first-order valence-electron chi connectivity index (χ1n) is 4.90. The first-order chi connectivity index (χ1) is 7.25. The van der Waals surface area contributed by atoms with E-state index in [2.05, 4.69) is 5.32 Å². The predicted molar refractivity (Wildman–Crippen MR) is 59.0 cm³/mol. The van der Waals surface area contributed by atoms with E-state index in [1.807, 2.05) is 12.1 Å². The van der Waals surface area contributed by atoms with Crippen LogP contribution >= 0.6 is 11.6 Å². The molecule has 1 N–H and O–H groups in total. The number of anilines is 1. The highest BCUT2D eigenvalue weighted by Crippen LogP contribution is 2.18. The van der Waals surface area contributed by atoms with Crippen LogP contribution in [-0.4, -0.2) is 19.1 Å². The molecule has 1 unspecified atom stereocenters.